The van der Waals surface area contributed by atoms with Crippen LogP contribution in [0.5, 0.6) is 0 Å². The molecule has 16 heavy (non-hydrogen) atoms. The lowest BCUT2D eigenvalue weighted by Gasteiger charge is -2.31. The summed E-state index contributed by atoms with van der Waals surface area (Å²) in [5.41, 5.74) is 6.00. The van der Waals surface area contributed by atoms with E-state index in [1.54, 1.807) is 0 Å². The van der Waals surface area contributed by atoms with Gasteiger partial charge in [0.05, 0.1) is 0 Å². The SMILES string of the molecule is CN1CCC(CN(C)CC(C)(C)CCN)C1. The summed E-state index contributed by atoms with van der Waals surface area (Å²) in [5, 5.41) is 0. The van der Waals surface area contributed by atoms with Gasteiger partial charge < -0.3 is 15.5 Å². The van der Waals surface area contributed by atoms with Crippen molar-refractivity contribution in [1.82, 2.24) is 9.80 Å². The van der Waals surface area contributed by atoms with Gasteiger partial charge in [-0.1, -0.05) is 13.8 Å². The molecule has 2 N–H and O–H groups in total. The van der Waals surface area contributed by atoms with Gasteiger partial charge in [-0.05, 0) is 51.4 Å². The van der Waals surface area contributed by atoms with Crippen molar-refractivity contribution in [3.63, 3.8) is 0 Å². The van der Waals surface area contributed by atoms with Gasteiger partial charge in [0.2, 0.25) is 0 Å². The third-order valence-electron chi connectivity index (χ3n) is 3.58. The van der Waals surface area contributed by atoms with Gasteiger partial charge in [0.1, 0.15) is 0 Å². The van der Waals surface area contributed by atoms with E-state index in [-0.39, 0.29) is 0 Å². The molecule has 1 atom stereocenters. The predicted molar refractivity (Wildman–Crippen MR) is 70.6 cm³/mol. The molecule has 1 aliphatic rings. The van der Waals surface area contributed by atoms with Gasteiger partial charge in [0, 0.05) is 19.6 Å². The van der Waals surface area contributed by atoms with Crippen LogP contribution in [0.1, 0.15) is 26.7 Å². The fraction of sp³-hybridized carbons (Fsp3) is 1.00. The molecule has 0 aromatic heterocycles. The van der Waals surface area contributed by atoms with E-state index in [1.807, 2.05) is 0 Å². The molecule has 1 fully saturated rings. The third kappa shape index (κ3) is 4.81. The van der Waals surface area contributed by atoms with Crippen molar-refractivity contribution in [3.8, 4) is 0 Å². The molecule has 1 rings (SSSR count). The van der Waals surface area contributed by atoms with Crippen LogP contribution in [0.4, 0.5) is 0 Å². The maximum atomic E-state index is 5.65. The summed E-state index contributed by atoms with van der Waals surface area (Å²) in [6, 6.07) is 0. The zero-order valence-electron chi connectivity index (χ0n) is 11.5. The number of rotatable bonds is 6. The molecule has 0 radical (unpaired) electrons. The minimum absolute atomic E-state index is 0.355. The number of nitrogens with two attached hydrogens (primary N) is 1. The van der Waals surface area contributed by atoms with E-state index in [9.17, 15) is 0 Å². The Kier molecular flexibility index (Phi) is 5.22. The first-order valence-electron chi connectivity index (χ1n) is 6.50. The van der Waals surface area contributed by atoms with E-state index in [4.69, 9.17) is 5.73 Å². The molecule has 0 amide bonds. The lowest BCUT2D eigenvalue weighted by Crippen LogP contribution is -2.36. The molecule has 0 bridgehead atoms. The normalized spacial score (nSPS) is 23.2. The van der Waals surface area contributed by atoms with Crippen LogP contribution in [-0.4, -0.2) is 56.6 Å². The Balaban J connectivity index is 2.27. The summed E-state index contributed by atoms with van der Waals surface area (Å²) in [7, 11) is 4.47. The smallest absolute Gasteiger partial charge is 0.00302 e. The van der Waals surface area contributed by atoms with Crippen molar-refractivity contribution in [3.05, 3.63) is 0 Å². The Hall–Kier alpha value is -0.120. The molecule has 1 heterocycles. The van der Waals surface area contributed by atoms with Crippen molar-refractivity contribution < 1.29 is 0 Å². The number of hydrogen-bond acceptors (Lipinski definition) is 3. The van der Waals surface area contributed by atoms with Crippen molar-refractivity contribution in [1.29, 1.82) is 0 Å². The lowest BCUT2D eigenvalue weighted by molar-refractivity contribution is 0.179. The standard InChI is InChI=1S/C13H29N3/c1-13(2,6-7-14)11-16(4)10-12-5-8-15(3)9-12/h12H,5-11,14H2,1-4H3. The van der Waals surface area contributed by atoms with E-state index in [0.29, 0.717) is 5.41 Å². The topological polar surface area (TPSA) is 32.5 Å². The molecule has 96 valence electrons. The van der Waals surface area contributed by atoms with E-state index in [0.717, 1.165) is 25.4 Å². The summed E-state index contributed by atoms with van der Waals surface area (Å²) in [4.78, 5) is 4.92. The van der Waals surface area contributed by atoms with E-state index >= 15 is 0 Å². The van der Waals surface area contributed by atoms with Crippen molar-refractivity contribution in [2.45, 2.75) is 26.7 Å². The van der Waals surface area contributed by atoms with Crippen LogP contribution >= 0.6 is 0 Å². The van der Waals surface area contributed by atoms with Crippen LogP contribution in [-0.2, 0) is 0 Å². The molecule has 0 saturated carbocycles. The van der Waals surface area contributed by atoms with Gasteiger partial charge in [-0.15, -0.1) is 0 Å². The largest absolute Gasteiger partial charge is 0.330 e. The van der Waals surface area contributed by atoms with Gasteiger partial charge in [0.15, 0.2) is 0 Å². The summed E-state index contributed by atoms with van der Waals surface area (Å²) in [6.45, 7) is 10.4. The molecule has 0 aliphatic carbocycles. The van der Waals surface area contributed by atoms with Crippen LogP contribution in [0.2, 0.25) is 0 Å². The molecule has 0 spiro atoms. The maximum Gasteiger partial charge on any atom is 0.00302 e. The fourth-order valence-electron chi connectivity index (χ4n) is 2.88. The Morgan fingerprint density at radius 2 is 2.12 bits per heavy atom. The average molecular weight is 227 g/mol. The third-order valence-corrected chi connectivity index (χ3v) is 3.58. The summed E-state index contributed by atoms with van der Waals surface area (Å²) in [6.07, 6.45) is 2.47. The highest BCUT2D eigenvalue weighted by atomic mass is 15.1. The Labute approximate surface area is 101 Å². The average Bonchev–Trinajstić information content (AvgIpc) is 2.49. The van der Waals surface area contributed by atoms with Gasteiger partial charge in [-0.25, -0.2) is 0 Å². The Morgan fingerprint density at radius 1 is 1.44 bits per heavy atom. The Morgan fingerprint density at radius 3 is 2.62 bits per heavy atom. The van der Waals surface area contributed by atoms with Gasteiger partial charge in [0.25, 0.3) is 0 Å². The summed E-state index contributed by atoms with van der Waals surface area (Å²) in [5.74, 6) is 0.865. The molecule has 1 saturated heterocycles. The fourth-order valence-corrected chi connectivity index (χ4v) is 2.88. The molecule has 0 aromatic carbocycles. The minimum atomic E-state index is 0.355. The molecule has 1 aliphatic heterocycles. The van der Waals surface area contributed by atoms with Crippen molar-refractivity contribution in [2.75, 3.05) is 46.8 Å². The van der Waals surface area contributed by atoms with Crippen LogP contribution in [0, 0.1) is 11.3 Å². The molecule has 0 aromatic rings. The summed E-state index contributed by atoms with van der Waals surface area (Å²) < 4.78 is 0. The van der Waals surface area contributed by atoms with Crippen LogP contribution < -0.4 is 5.73 Å². The number of likely N-dealkylation sites (tertiary alicyclic amines) is 1. The highest BCUT2D eigenvalue weighted by Crippen LogP contribution is 2.22. The summed E-state index contributed by atoms with van der Waals surface area (Å²) >= 11 is 0. The first kappa shape index (κ1) is 13.9. The minimum Gasteiger partial charge on any atom is -0.330 e. The molecule has 3 heteroatoms. The second kappa shape index (κ2) is 5.99. The van der Waals surface area contributed by atoms with E-state index in [1.165, 1.54) is 26.1 Å². The molecular formula is C13H29N3. The number of nitrogens with zero attached hydrogens (tertiary/aromatic N) is 2. The Bertz CT molecular complexity index is 203. The van der Waals surface area contributed by atoms with Crippen molar-refractivity contribution in [2.24, 2.45) is 17.1 Å². The molecule has 3 nitrogen and oxygen atoms in total. The molecule has 1 unspecified atom stereocenters. The van der Waals surface area contributed by atoms with Gasteiger partial charge in [-0.2, -0.15) is 0 Å². The predicted octanol–water partition coefficient (Wildman–Crippen LogP) is 1.24. The zero-order valence-corrected chi connectivity index (χ0v) is 11.5. The maximum absolute atomic E-state index is 5.65. The van der Waals surface area contributed by atoms with Crippen LogP contribution in [0.3, 0.4) is 0 Å². The van der Waals surface area contributed by atoms with Gasteiger partial charge >= 0.3 is 0 Å². The first-order chi connectivity index (χ1) is 7.43. The number of hydrogen-bond donors (Lipinski definition) is 1. The quantitative estimate of drug-likeness (QED) is 0.741. The molecular weight excluding hydrogens is 198 g/mol. The van der Waals surface area contributed by atoms with E-state index < -0.39 is 0 Å². The second-order valence-corrected chi connectivity index (χ2v) is 6.32. The van der Waals surface area contributed by atoms with Crippen molar-refractivity contribution >= 4 is 0 Å². The second-order valence-electron chi connectivity index (χ2n) is 6.32. The van der Waals surface area contributed by atoms with E-state index in [2.05, 4.69) is 37.7 Å². The highest BCUT2D eigenvalue weighted by molar-refractivity contribution is 4.78. The lowest BCUT2D eigenvalue weighted by atomic mass is 9.88. The first-order valence-corrected chi connectivity index (χ1v) is 6.50. The monoisotopic (exact) mass is 227 g/mol. The van der Waals surface area contributed by atoms with Crippen LogP contribution in [0.15, 0.2) is 0 Å². The van der Waals surface area contributed by atoms with Gasteiger partial charge in [-0.3, -0.25) is 0 Å². The zero-order chi connectivity index (χ0) is 12.2. The highest BCUT2D eigenvalue weighted by Gasteiger charge is 2.24. The van der Waals surface area contributed by atoms with Crippen LogP contribution in [0.25, 0.3) is 0 Å².